The van der Waals surface area contributed by atoms with Crippen LogP contribution in [-0.4, -0.2) is 12.6 Å². The van der Waals surface area contributed by atoms with Crippen LogP contribution in [0.3, 0.4) is 0 Å². The highest BCUT2D eigenvalue weighted by Gasteiger charge is 2.29. The number of benzene rings is 4. The molecular formula is C29H30N2O. The van der Waals surface area contributed by atoms with Crippen LogP contribution in [0.5, 0.6) is 5.75 Å². The molecule has 0 saturated heterocycles. The first kappa shape index (κ1) is 20.7. The zero-order valence-corrected chi connectivity index (χ0v) is 18.5. The Morgan fingerprint density at radius 3 is 2.62 bits per heavy atom. The van der Waals surface area contributed by atoms with Gasteiger partial charge in [-0.3, -0.25) is 0 Å². The van der Waals surface area contributed by atoms with Crippen molar-refractivity contribution in [3.63, 3.8) is 0 Å². The lowest BCUT2D eigenvalue weighted by molar-refractivity contribution is 0.159. The first-order valence-corrected chi connectivity index (χ1v) is 11.5. The van der Waals surface area contributed by atoms with E-state index in [0.29, 0.717) is 12.5 Å². The highest BCUT2D eigenvalue weighted by Crippen LogP contribution is 2.40. The second-order valence-corrected chi connectivity index (χ2v) is 8.71. The van der Waals surface area contributed by atoms with E-state index < -0.39 is 0 Å². The molecule has 0 aromatic heterocycles. The molecule has 3 heteroatoms. The van der Waals surface area contributed by atoms with Gasteiger partial charge in [-0.25, -0.2) is 0 Å². The van der Waals surface area contributed by atoms with Gasteiger partial charge in [-0.15, -0.1) is 0 Å². The third kappa shape index (κ3) is 4.14. The molecule has 4 aromatic rings. The van der Waals surface area contributed by atoms with Gasteiger partial charge in [0, 0.05) is 30.6 Å². The van der Waals surface area contributed by atoms with E-state index in [1.807, 2.05) is 0 Å². The number of hydrogen-bond acceptors (Lipinski definition) is 3. The summed E-state index contributed by atoms with van der Waals surface area (Å²) in [4.78, 5) is 0. The quantitative estimate of drug-likeness (QED) is 0.405. The van der Waals surface area contributed by atoms with Crippen LogP contribution in [-0.2, 0) is 6.54 Å². The van der Waals surface area contributed by atoms with Gasteiger partial charge in [0.15, 0.2) is 0 Å². The molecule has 3 N–H and O–H groups in total. The Morgan fingerprint density at radius 1 is 0.938 bits per heavy atom. The van der Waals surface area contributed by atoms with Crippen molar-refractivity contribution in [1.29, 1.82) is 0 Å². The first-order valence-electron chi connectivity index (χ1n) is 11.5. The van der Waals surface area contributed by atoms with E-state index in [4.69, 9.17) is 10.5 Å². The molecule has 1 heterocycles. The Hall–Kier alpha value is -3.14. The smallest absolute Gasteiger partial charge is 0.123 e. The molecule has 1 aliphatic heterocycles. The van der Waals surface area contributed by atoms with Crippen LogP contribution < -0.4 is 15.8 Å². The molecule has 3 atom stereocenters. The summed E-state index contributed by atoms with van der Waals surface area (Å²) in [6.45, 7) is 3.60. The van der Waals surface area contributed by atoms with Gasteiger partial charge in [0.1, 0.15) is 11.9 Å². The fourth-order valence-electron chi connectivity index (χ4n) is 4.92. The van der Waals surface area contributed by atoms with Gasteiger partial charge in [0.25, 0.3) is 0 Å². The Bertz CT molecular complexity index is 1210. The van der Waals surface area contributed by atoms with Crippen LogP contribution >= 0.6 is 0 Å². The van der Waals surface area contributed by atoms with Gasteiger partial charge in [-0.2, -0.15) is 0 Å². The molecule has 5 rings (SSSR count). The van der Waals surface area contributed by atoms with Crippen molar-refractivity contribution >= 4 is 10.8 Å². The fourth-order valence-corrected chi connectivity index (χ4v) is 4.92. The SMILES string of the molecule is C[C@@H](NC[C@H]1C[C@@H](c2cccc(CN)c2)c2ccccc2O1)c1cccc2ccccc12. The van der Waals surface area contributed by atoms with Crippen LogP contribution in [0, 0.1) is 0 Å². The summed E-state index contributed by atoms with van der Waals surface area (Å²) in [7, 11) is 0. The van der Waals surface area contributed by atoms with E-state index in [-0.39, 0.29) is 12.1 Å². The van der Waals surface area contributed by atoms with Crippen LogP contribution in [0.1, 0.15) is 47.6 Å². The largest absolute Gasteiger partial charge is 0.489 e. The van der Waals surface area contributed by atoms with E-state index in [2.05, 4.69) is 103 Å². The van der Waals surface area contributed by atoms with E-state index in [1.54, 1.807) is 0 Å². The third-order valence-electron chi connectivity index (χ3n) is 6.62. The van der Waals surface area contributed by atoms with Crippen molar-refractivity contribution in [3.05, 3.63) is 113 Å². The summed E-state index contributed by atoms with van der Waals surface area (Å²) in [6.07, 6.45) is 1.05. The number of nitrogens with two attached hydrogens (primary N) is 1. The van der Waals surface area contributed by atoms with E-state index in [1.165, 1.54) is 33.0 Å². The predicted octanol–water partition coefficient (Wildman–Crippen LogP) is 5.93. The number of para-hydroxylation sites is 1. The molecule has 0 bridgehead atoms. The van der Waals surface area contributed by atoms with Crippen molar-refractivity contribution in [2.45, 2.75) is 38.0 Å². The average Bonchev–Trinajstić information content (AvgIpc) is 2.86. The van der Waals surface area contributed by atoms with Gasteiger partial charge in [-0.05, 0) is 46.9 Å². The molecule has 1 aliphatic rings. The summed E-state index contributed by atoms with van der Waals surface area (Å²) >= 11 is 0. The van der Waals surface area contributed by atoms with Crippen molar-refractivity contribution in [2.75, 3.05) is 6.54 Å². The van der Waals surface area contributed by atoms with Gasteiger partial charge in [-0.1, -0.05) is 84.9 Å². The number of rotatable bonds is 6. The highest BCUT2D eigenvalue weighted by atomic mass is 16.5. The van der Waals surface area contributed by atoms with Crippen LogP contribution in [0.25, 0.3) is 10.8 Å². The maximum atomic E-state index is 6.43. The molecule has 162 valence electrons. The van der Waals surface area contributed by atoms with Gasteiger partial charge >= 0.3 is 0 Å². The third-order valence-corrected chi connectivity index (χ3v) is 6.62. The normalized spacial score (nSPS) is 18.7. The number of hydrogen-bond donors (Lipinski definition) is 2. The lowest BCUT2D eigenvalue weighted by Crippen LogP contribution is -2.37. The molecule has 0 radical (unpaired) electrons. The molecular weight excluding hydrogens is 392 g/mol. The van der Waals surface area contributed by atoms with Crippen molar-refractivity contribution < 1.29 is 4.74 Å². The molecule has 0 saturated carbocycles. The number of fused-ring (bicyclic) bond motifs is 2. The van der Waals surface area contributed by atoms with Crippen molar-refractivity contribution in [1.82, 2.24) is 5.32 Å². The lowest BCUT2D eigenvalue weighted by Gasteiger charge is -2.33. The standard InChI is InChI=1S/C29H30N2O/c1-20(25-14-7-10-22-9-2-3-12-26(22)25)31-19-24-17-28(23-11-6-8-21(16-23)18-30)27-13-4-5-15-29(27)32-24/h2-16,20,24,28,31H,17-19,30H2,1H3/t20-,24-,28+/m1/s1. The highest BCUT2D eigenvalue weighted by molar-refractivity contribution is 5.86. The minimum absolute atomic E-state index is 0.105. The van der Waals surface area contributed by atoms with Gasteiger partial charge in [0.2, 0.25) is 0 Å². The molecule has 4 aromatic carbocycles. The Balaban J connectivity index is 1.36. The fraction of sp³-hybridized carbons (Fsp3) is 0.241. The number of ether oxygens (including phenoxy) is 1. The summed E-state index contributed by atoms with van der Waals surface area (Å²) in [5.41, 5.74) is 11.0. The molecule has 0 aliphatic carbocycles. The minimum Gasteiger partial charge on any atom is -0.489 e. The van der Waals surface area contributed by atoms with Gasteiger partial charge in [0.05, 0.1) is 0 Å². The molecule has 3 nitrogen and oxygen atoms in total. The Kier molecular flexibility index (Phi) is 5.93. The van der Waals surface area contributed by atoms with Crippen LogP contribution in [0.2, 0.25) is 0 Å². The minimum atomic E-state index is 0.105. The predicted molar refractivity (Wildman–Crippen MR) is 132 cm³/mol. The topological polar surface area (TPSA) is 47.3 Å². The molecule has 0 spiro atoms. The Morgan fingerprint density at radius 2 is 1.72 bits per heavy atom. The van der Waals surface area contributed by atoms with E-state index >= 15 is 0 Å². The zero-order valence-electron chi connectivity index (χ0n) is 18.5. The zero-order chi connectivity index (χ0) is 21.9. The van der Waals surface area contributed by atoms with Crippen molar-refractivity contribution in [2.24, 2.45) is 5.73 Å². The monoisotopic (exact) mass is 422 g/mol. The maximum Gasteiger partial charge on any atom is 0.123 e. The van der Waals surface area contributed by atoms with Crippen molar-refractivity contribution in [3.8, 4) is 5.75 Å². The molecule has 32 heavy (non-hydrogen) atoms. The summed E-state index contributed by atoms with van der Waals surface area (Å²) in [5.74, 6) is 1.30. The Labute approximate surface area is 190 Å². The maximum absolute atomic E-state index is 6.43. The number of nitrogens with one attached hydrogen (secondary N) is 1. The molecule has 0 fully saturated rings. The van der Waals surface area contributed by atoms with Crippen LogP contribution in [0.4, 0.5) is 0 Å². The summed E-state index contributed by atoms with van der Waals surface area (Å²) in [6, 6.07) is 32.5. The summed E-state index contributed by atoms with van der Waals surface area (Å²) < 4.78 is 6.43. The van der Waals surface area contributed by atoms with Gasteiger partial charge < -0.3 is 15.8 Å². The second kappa shape index (κ2) is 9.15. The first-order chi connectivity index (χ1) is 15.7. The summed E-state index contributed by atoms with van der Waals surface area (Å²) in [5, 5.41) is 6.33. The average molecular weight is 423 g/mol. The molecule has 0 amide bonds. The lowest BCUT2D eigenvalue weighted by atomic mass is 9.83. The van der Waals surface area contributed by atoms with E-state index in [9.17, 15) is 0 Å². The van der Waals surface area contributed by atoms with Crippen LogP contribution in [0.15, 0.2) is 91.0 Å². The second-order valence-electron chi connectivity index (χ2n) is 8.71. The van der Waals surface area contributed by atoms with E-state index in [0.717, 1.165) is 18.7 Å². The molecule has 0 unspecified atom stereocenters.